The number of aromatic hydroxyl groups is 1. The van der Waals surface area contributed by atoms with E-state index in [1.807, 2.05) is 0 Å². The van der Waals surface area contributed by atoms with E-state index in [1.165, 1.54) is 10.7 Å². The fraction of sp³-hybridized carbons (Fsp3) is 0.500. The third-order valence-corrected chi connectivity index (χ3v) is 7.54. The van der Waals surface area contributed by atoms with Crippen LogP contribution >= 0.6 is 11.6 Å². The number of anilines is 2. The van der Waals surface area contributed by atoms with Crippen LogP contribution in [0.3, 0.4) is 0 Å². The second-order valence-corrected chi connectivity index (χ2v) is 9.90. The quantitative estimate of drug-likeness (QED) is 0.660. The number of nitrogens with zero attached hydrogens (tertiary/aromatic N) is 2. The van der Waals surface area contributed by atoms with Crippen LogP contribution in [0.5, 0.6) is 5.75 Å². The van der Waals surface area contributed by atoms with Crippen LogP contribution in [0.25, 0.3) is 0 Å². The Morgan fingerprint density at radius 3 is 2.67 bits per heavy atom. The molecule has 2 aromatic rings. The molecule has 0 unspecified atom stereocenters. The molecule has 6 rings (SSSR count). The number of hydrogen-bond donors (Lipinski definition) is 3. The molecule has 4 bridgehead atoms. The molecule has 2 atom stereocenters. The lowest BCUT2D eigenvalue weighted by atomic mass is 9.46. The number of carboxylic acids is 1. The highest BCUT2D eigenvalue weighted by Crippen LogP contribution is 2.65. The van der Waals surface area contributed by atoms with Crippen LogP contribution in [0.1, 0.15) is 44.9 Å². The van der Waals surface area contributed by atoms with Crippen molar-refractivity contribution in [3.05, 3.63) is 45.8 Å². The molecule has 4 fully saturated rings. The zero-order chi connectivity index (χ0) is 21.1. The number of hydrogen-bond acceptors (Lipinski definition) is 5. The van der Waals surface area contributed by atoms with Crippen LogP contribution in [0.15, 0.2) is 35.3 Å². The van der Waals surface area contributed by atoms with Crippen molar-refractivity contribution in [1.82, 2.24) is 9.78 Å². The van der Waals surface area contributed by atoms with Crippen molar-refractivity contribution in [3.8, 4) is 5.75 Å². The van der Waals surface area contributed by atoms with Crippen LogP contribution in [0.4, 0.5) is 11.4 Å². The summed E-state index contributed by atoms with van der Waals surface area (Å²) in [6.45, 7) is 0. The minimum Gasteiger partial charge on any atom is -0.508 e. The number of rotatable bonds is 5. The molecule has 0 radical (unpaired) electrons. The molecule has 3 N–H and O–H groups in total. The Kier molecular flexibility index (Phi) is 4.36. The van der Waals surface area contributed by atoms with Crippen molar-refractivity contribution in [2.75, 3.05) is 5.32 Å². The van der Waals surface area contributed by atoms with E-state index in [1.54, 1.807) is 24.4 Å². The highest BCUT2D eigenvalue weighted by molar-refractivity contribution is 6.33. The van der Waals surface area contributed by atoms with E-state index >= 15 is 0 Å². The average Bonchev–Trinajstić information content (AvgIpc) is 2.63. The lowest BCUT2D eigenvalue weighted by molar-refractivity contribution is -0.151. The molecule has 1 heterocycles. The largest absolute Gasteiger partial charge is 0.508 e. The Bertz CT molecular complexity index is 1070. The second-order valence-electron chi connectivity index (χ2n) is 9.52. The first-order valence-corrected chi connectivity index (χ1v) is 10.7. The summed E-state index contributed by atoms with van der Waals surface area (Å²) >= 11 is 6.45. The number of benzene rings is 1. The average molecular weight is 430 g/mol. The molecule has 0 spiro atoms. The van der Waals surface area contributed by atoms with E-state index in [-0.39, 0.29) is 28.2 Å². The van der Waals surface area contributed by atoms with Gasteiger partial charge in [-0.05, 0) is 67.9 Å². The summed E-state index contributed by atoms with van der Waals surface area (Å²) in [6.07, 6.45) is 7.05. The highest BCUT2D eigenvalue weighted by atomic mass is 35.5. The summed E-state index contributed by atoms with van der Waals surface area (Å²) in [5.74, 6) is 0.206. The monoisotopic (exact) mass is 429 g/mol. The van der Waals surface area contributed by atoms with Gasteiger partial charge in [-0.3, -0.25) is 9.59 Å². The van der Waals surface area contributed by atoms with E-state index in [9.17, 15) is 19.8 Å². The van der Waals surface area contributed by atoms with Crippen LogP contribution in [0, 0.1) is 17.3 Å². The first-order chi connectivity index (χ1) is 14.3. The maximum absolute atomic E-state index is 13.3. The fourth-order valence-corrected chi connectivity index (χ4v) is 6.95. The SMILES string of the molecule is O=C(O)CC12C[C@H]3C[C@H](C1)CC(n1ncc(Nc4cccc(O)c4)c(Cl)c1=O)(C3)C2. The highest BCUT2D eigenvalue weighted by Gasteiger charge is 2.59. The molecule has 158 valence electrons. The Hall–Kier alpha value is -2.54. The predicted molar refractivity (Wildman–Crippen MR) is 112 cm³/mol. The number of halogens is 1. The minimum absolute atomic E-state index is 0.0522. The lowest BCUT2D eigenvalue weighted by Crippen LogP contribution is -2.59. The number of phenolic OH excluding ortho intramolecular Hbond substituents is 1. The number of aromatic nitrogens is 2. The molecule has 4 aliphatic carbocycles. The van der Waals surface area contributed by atoms with Crippen LogP contribution in [0.2, 0.25) is 5.02 Å². The molecule has 7 nitrogen and oxygen atoms in total. The molecular weight excluding hydrogens is 406 g/mol. The normalized spacial score (nSPS) is 31.6. The van der Waals surface area contributed by atoms with Gasteiger partial charge in [0.1, 0.15) is 10.8 Å². The van der Waals surface area contributed by atoms with Gasteiger partial charge in [0.25, 0.3) is 5.56 Å². The number of phenols is 1. The first kappa shape index (κ1) is 19.4. The van der Waals surface area contributed by atoms with Gasteiger partial charge in [0.15, 0.2) is 0 Å². The standard InChI is InChI=1S/C22H24ClN3O4/c23-19-17(25-15-2-1-3-16(27)5-15)11-24-26(20(19)30)22-8-13-4-14(9-22)7-21(6-13,12-22)10-18(28)29/h1-3,5,11,13-14,25,27H,4,6-10,12H2,(H,28,29)/t13-,14-,21?,22?/m1/s1. The van der Waals surface area contributed by atoms with Crippen LogP contribution in [-0.4, -0.2) is 26.0 Å². The maximum Gasteiger partial charge on any atom is 0.303 e. The van der Waals surface area contributed by atoms with E-state index in [2.05, 4.69) is 10.4 Å². The van der Waals surface area contributed by atoms with Gasteiger partial charge in [0, 0.05) is 11.8 Å². The van der Waals surface area contributed by atoms with E-state index in [0.29, 0.717) is 29.6 Å². The van der Waals surface area contributed by atoms with E-state index < -0.39 is 11.5 Å². The van der Waals surface area contributed by atoms with Crippen molar-refractivity contribution in [2.45, 2.75) is 50.5 Å². The Morgan fingerprint density at radius 2 is 2.00 bits per heavy atom. The topological polar surface area (TPSA) is 104 Å². The van der Waals surface area contributed by atoms with Crippen molar-refractivity contribution >= 4 is 28.9 Å². The van der Waals surface area contributed by atoms with Gasteiger partial charge in [-0.1, -0.05) is 17.7 Å². The zero-order valence-corrected chi connectivity index (χ0v) is 17.2. The molecule has 4 aliphatic rings. The van der Waals surface area contributed by atoms with E-state index in [4.69, 9.17) is 11.6 Å². The van der Waals surface area contributed by atoms with Gasteiger partial charge < -0.3 is 15.5 Å². The van der Waals surface area contributed by atoms with Crippen molar-refractivity contribution in [3.63, 3.8) is 0 Å². The zero-order valence-electron chi connectivity index (χ0n) is 16.5. The summed E-state index contributed by atoms with van der Waals surface area (Å²) in [7, 11) is 0. The molecule has 1 aromatic heterocycles. The summed E-state index contributed by atoms with van der Waals surface area (Å²) in [5.41, 5.74) is -0.0694. The second kappa shape index (κ2) is 6.74. The van der Waals surface area contributed by atoms with Gasteiger partial charge in [-0.2, -0.15) is 5.10 Å². The Balaban J connectivity index is 1.51. The van der Waals surface area contributed by atoms with Crippen molar-refractivity contribution in [1.29, 1.82) is 0 Å². The first-order valence-electron chi connectivity index (χ1n) is 10.3. The van der Waals surface area contributed by atoms with Gasteiger partial charge in [0.2, 0.25) is 0 Å². The maximum atomic E-state index is 13.3. The van der Waals surface area contributed by atoms with Gasteiger partial charge in [-0.15, -0.1) is 0 Å². The Morgan fingerprint density at radius 1 is 1.27 bits per heavy atom. The van der Waals surface area contributed by atoms with Gasteiger partial charge in [0.05, 0.1) is 23.8 Å². The molecular formula is C22H24ClN3O4. The third kappa shape index (κ3) is 3.16. The van der Waals surface area contributed by atoms with Crippen molar-refractivity contribution < 1.29 is 15.0 Å². The summed E-state index contributed by atoms with van der Waals surface area (Å²) in [4.78, 5) is 24.8. The predicted octanol–water partition coefficient (Wildman–Crippen LogP) is 4.12. The number of carboxylic acid groups (broad SMARTS) is 1. The van der Waals surface area contributed by atoms with Gasteiger partial charge >= 0.3 is 5.97 Å². The summed E-state index contributed by atoms with van der Waals surface area (Å²) < 4.78 is 1.54. The van der Waals surface area contributed by atoms with Crippen LogP contribution < -0.4 is 10.9 Å². The smallest absolute Gasteiger partial charge is 0.303 e. The number of nitrogens with one attached hydrogen (secondary N) is 1. The molecule has 4 saturated carbocycles. The fourth-order valence-electron chi connectivity index (χ4n) is 6.77. The molecule has 1 aromatic carbocycles. The van der Waals surface area contributed by atoms with Crippen molar-refractivity contribution in [2.24, 2.45) is 17.3 Å². The summed E-state index contributed by atoms with van der Waals surface area (Å²) in [5, 5.41) is 26.7. The minimum atomic E-state index is -0.767. The summed E-state index contributed by atoms with van der Waals surface area (Å²) in [6, 6.07) is 6.55. The number of aliphatic carboxylic acids is 1. The molecule has 0 amide bonds. The molecule has 0 saturated heterocycles. The van der Waals surface area contributed by atoms with E-state index in [0.717, 1.165) is 32.1 Å². The van der Waals surface area contributed by atoms with Gasteiger partial charge in [-0.25, -0.2) is 4.68 Å². The third-order valence-electron chi connectivity index (χ3n) is 7.17. The molecule has 0 aliphatic heterocycles. The molecule has 30 heavy (non-hydrogen) atoms. The lowest BCUT2D eigenvalue weighted by Gasteiger charge is -2.61. The molecule has 8 heteroatoms. The van der Waals surface area contributed by atoms with Crippen LogP contribution in [-0.2, 0) is 10.3 Å². The number of carbonyl (C=O) groups is 1. The Labute approximate surface area is 178 Å².